The Bertz CT molecular complexity index is 1250. The van der Waals surface area contributed by atoms with E-state index in [2.05, 4.69) is 18.2 Å². The first-order valence-electron chi connectivity index (χ1n) is 13.4. The maximum atomic E-state index is 11.7. The predicted octanol–water partition coefficient (Wildman–Crippen LogP) is 10.3. The molecule has 1 aliphatic carbocycles. The third-order valence-corrected chi connectivity index (χ3v) is 6.67. The number of halogens is 2. The van der Waals surface area contributed by atoms with Crippen LogP contribution >= 0.6 is 23.2 Å². The summed E-state index contributed by atoms with van der Waals surface area (Å²) in [5.74, 6) is 1.95. The lowest BCUT2D eigenvalue weighted by molar-refractivity contribution is 0.0626. The van der Waals surface area contributed by atoms with Gasteiger partial charge in [0.15, 0.2) is 0 Å². The average molecular weight is 582 g/mol. The number of hydrogen-bond acceptors (Lipinski definition) is 4. The number of benzene rings is 3. The normalized spacial score (nSPS) is 13.0. The SMILES string of the molecule is CC(C)=C/C=C(\C)OC(=O)c1ccc(Cl)cc1.COc1cccc(C2CCCCC2)c1.O=Cc1ccc(Cl)cc1. The Morgan fingerprint density at radius 1 is 0.825 bits per heavy atom. The first-order chi connectivity index (χ1) is 19.2. The number of carbonyl (C=O) groups excluding carboxylic acids is 2. The van der Waals surface area contributed by atoms with Crippen LogP contribution in [-0.4, -0.2) is 19.4 Å². The predicted molar refractivity (Wildman–Crippen MR) is 166 cm³/mol. The molecule has 0 bridgehead atoms. The van der Waals surface area contributed by atoms with Crippen molar-refractivity contribution in [3.05, 3.63) is 123 Å². The van der Waals surface area contributed by atoms with Crippen molar-refractivity contribution in [2.24, 2.45) is 0 Å². The second-order valence-corrected chi connectivity index (χ2v) is 10.6. The molecule has 3 aromatic rings. The van der Waals surface area contributed by atoms with Crippen LogP contribution < -0.4 is 4.74 Å². The van der Waals surface area contributed by atoms with Gasteiger partial charge in [0.25, 0.3) is 0 Å². The molecule has 3 aromatic carbocycles. The maximum absolute atomic E-state index is 11.7. The molecule has 1 aliphatic rings. The van der Waals surface area contributed by atoms with Gasteiger partial charge in [-0.3, -0.25) is 4.79 Å². The number of hydrogen-bond donors (Lipinski definition) is 0. The molecule has 1 fully saturated rings. The molecule has 0 atom stereocenters. The minimum absolute atomic E-state index is 0.377. The van der Waals surface area contributed by atoms with Crippen molar-refractivity contribution >= 4 is 35.5 Å². The zero-order valence-electron chi connectivity index (χ0n) is 23.7. The van der Waals surface area contributed by atoms with Gasteiger partial charge < -0.3 is 9.47 Å². The van der Waals surface area contributed by atoms with Crippen LogP contribution in [0.1, 0.15) is 85.1 Å². The third-order valence-electron chi connectivity index (χ3n) is 6.16. The Balaban J connectivity index is 0.000000220. The van der Waals surface area contributed by atoms with E-state index in [-0.39, 0.29) is 5.97 Å². The van der Waals surface area contributed by atoms with E-state index in [1.807, 2.05) is 26.0 Å². The summed E-state index contributed by atoms with van der Waals surface area (Å²) in [5, 5.41) is 1.25. The highest BCUT2D eigenvalue weighted by atomic mass is 35.5. The quantitative estimate of drug-likeness (QED) is 0.126. The van der Waals surface area contributed by atoms with Crippen molar-refractivity contribution in [1.82, 2.24) is 0 Å². The molecule has 0 unspecified atom stereocenters. The van der Waals surface area contributed by atoms with Gasteiger partial charge in [-0.2, -0.15) is 0 Å². The monoisotopic (exact) mass is 580 g/mol. The number of allylic oxidation sites excluding steroid dienone is 4. The van der Waals surface area contributed by atoms with Crippen LogP contribution in [0.5, 0.6) is 5.75 Å². The van der Waals surface area contributed by atoms with Crippen molar-refractivity contribution in [1.29, 1.82) is 0 Å². The Morgan fingerprint density at radius 2 is 1.43 bits per heavy atom. The van der Waals surface area contributed by atoms with E-state index < -0.39 is 0 Å². The summed E-state index contributed by atoms with van der Waals surface area (Å²) < 4.78 is 10.4. The first-order valence-corrected chi connectivity index (χ1v) is 14.1. The summed E-state index contributed by atoms with van der Waals surface area (Å²) in [6.45, 7) is 5.70. The number of methoxy groups -OCH3 is 1. The highest BCUT2D eigenvalue weighted by Gasteiger charge is 2.15. The maximum Gasteiger partial charge on any atom is 0.343 e. The van der Waals surface area contributed by atoms with Crippen LogP contribution in [0.15, 0.2) is 96.3 Å². The minimum atomic E-state index is -0.377. The topological polar surface area (TPSA) is 52.6 Å². The van der Waals surface area contributed by atoms with Crippen LogP contribution in [0.25, 0.3) is 0 Å². The van der Waals surface area contributed by atoms with Crippen LogP contribution in [-0.2, 0) is 4.74 Å². The van der Waals surface area contributed by atoms with E-state index in [1.54, 1.807) is 68.6 Å². The van der Waals surface area contributed by atoms with Crippen LogP contribution in [0.3, 0.4) is 0 Å². The Hall–Kier alpha value is -3.34. The molecule has 0 spiro atoms. The largest absolute Gasteiger partial charge is 0.497 e. The Labute approximate surface area is 248 Å². The van der Waals surface area contributed by atoms with Crippen molar-refractivity contribution in [2.45, 2.75) is 58.8 Å². The molecule has 0 aliphatic heterocycles. The molecule has 0 heterocycles. The highest BCUT2D eigenvalue weighted by molar-refractivity contribution is 6.30. The fourth-order valence-corrected chi connectivity index (χ4v) is 4.23. The molecule has 0 radical (unpaired) electrons. The van der Waals surface area contributed by atoms with Crippen molar-refractivity contribution in [3.63, 3.8) is 0 Å². The Morgan fingerprint density at radius 3 is 1.98 bits per heavy atom. The number of rotatable bonds is 6. The van der Waals surface area contributed by atoms with Crippen molar-refractivity contribution in [3.8, 4) is 5.75 Å². The van der Waals surface area contributed by atoms with Gasteiger partial charge in [-0.05, 0) is 99.7 Å². The molecule has 0 N–H and O–H groups in total. The molecule has 0 amide bonds. The lowest BCUT2D eigenvalue weighted by Gasteiger charge is -2.22. The summed E-state index contributed by atoms with van der Waals surface area (Å²) in [6, 6.07) is 21.9. The molecule has 0 aromatic heterocycles. The molecule has 212 valence electrons. The number of esters is 1. The highest BCUT2D eigenvalue weighted by Crippen LogP contribution is 2.33. The van der Waals surface area contributed by atoms with Gasteiger partial charge in [-0.15, -0.1) is 0 Å². The summed E-state index contributed by atoms with van der Waals surface area (Å²) in [5.41, 5.74) is 3.75. The van der Waals surface area contributed by atoms with E-state index in [1.165, 1.54) is 37.7 Å². The lowest BCUT2D eigenvalue weighted by atomic mass is 9.84. The number of ether oxygens (including phenoxy) is 2. The molecular formula is C34H38Cl2O4. The zero-order chi connectivity index (χ0) is 29.3. The van der Waals surface area contributed by atoms with Gasteiger partial charge in [0.05, 0.1) is 12.7 Å². The second kappa shape index (κ2) is 18.1. The fourth-order valence-electron chi connectivity index (χ4n) is 3.98. The van der Waals surface area contributed by atoms with Crippen molar-refractivity contribution < 1.29 is 19.1 Å². The van der Waals surface area contributed by atoms with Gasteiger partial charge in [0.1, 0.15) is 17.8 Å². The molecule has 40 heavy (non-hydrogen) atoms. The Kier molecular flexibility index (Phi) is 14.9. The standard InChI is InChI=1S/C14H15ClO2.C13H18O.C7H5ClO/c1-10(2)4-5-11(3)17-14(16)12-6-8-13(15)9-7-12;1-14-13-9-5-8-12(10-13)11-6-3-2-4-7-11;8-7-3-1-6(5-9)2-4-7/h4-9H,1-3H3;5,8-11H,2-4,6-7H2,1H3;1-5H/b11-5+;;. The fraction of sp³-hybridized carbons (Fsp3) is 0.294. The summed E-state index contributed by atoms with van der Waals surface area (Å²) in [4.78, 5) is 21.8. The first kappa shape index (κ1) is 32.9. The molecule has 4 rings (SSSR count). The molecule has 6 heteroatoms. The summed E-state index contributed by atoms with van der Waals surface area (Å²) in [6.07, 6.45) is 11.4. The van der Waals surface area contributed by atoms with E-state index in [4.69, 9.17) is 32.7 Å². The van der Waals surface area contributed by atoms with Gasteiger partial charge in [0.2, 0.25) is 0 Å². The van der Waals surface area contributed by atoms with Crippen LogP contribution in [0.2, 0.25) is 10.0 Å². The average Bonchev–Trinajstić information content (AvgIpc) is 2.98. The molecular weight excluding hydrogens is 543 g/mol. The van der Waals surface area contributed by atoms with Crippen LogP contribution in [0.4, 0.5) is 0 Å². The minimum Gasteiger partial charge on any atom is -0.497 e. The van der Waals surface area contributed by atoms with E-state index in [0.717, 1.165) is 23.5 Å². The second-order valence-electron chi connectivity index (χ2n) is 9.70. The van der Waals surface area contributed by atoms with Crippen LogP contribution in [0, 0.1) is 0 Å². The molecule has 0 saturated heterocycles. The van der Waals surface area contributed by atoms with Crippen molar-refractivity contribution in [2.75, 3.05) is 7.11 Å². The summed E-state index contributed by atoms with van der Waals surface area (Å²) in [7, 11) is 1.74. The van der Waals surface area contributed by atoms with E-state index in [9.17, 15) is 9.59 Å². The smallest absolute Gasteiger partial charge is 0.343 e. The number of carbonyl (C=O) groups is 2. The third kappa shape index (κ3) is 12.7. The van der Waals surface area contributed by atoms with E-state index in [0.29, 0.717) is 26.9 Å². The zero-order valence-corrected chi connectivity index (χ0v) is 25.2. The van der Waals surface area contributed by atoms with Gasteiger partial charge in [0, 0.05) is 15.6 Å². The molecule has 4 nitrogen and oxygen atoms in total. The van der Waals surface area contributed by atoms with Gasteiger partial charge >= 0.3 is 5.97 Å². The van der Waals surface area contributed by atoms with Gasteiger partial charge in [-0.1, -0.05) is 78.4 Å². The molecule has 1 saturated carbocycles. The van der Waals surface area contributed by atoms with E-state index >= 15 is 0 Å². The summed E-state index contributed by atoms with van der Waals surface area (Å²) >= 11 is 11.3. The number of aldehydes is 1. The van der Waals surface area contributed by atoms with Gasteiger partial charge in [-0.25, -0.2) is 4.79 Å². The lowest BCUT2D eigenvalue weighted by Crippen LogP contribution is -2.04.